The van der Waals surface area contributed by atoms with Crippen molar-refractivity contribution < 1.29 is 22.7 Å². The Labute approximate surface area is 309 Å². The quantitative estimate of drug-likeness (QED) is 0.200. The minimum Gasteiger partial charge on any atom is -0.461 e. The summed E-state index contributed by atoms with van der Waals surface area (Å²) >= 11 is 7.76. The predicted molar refractivity (Wildman–Crippen MR) is 191 cm³/mol. The number of rotatable bonds is 8. The Morgan fingerprint density at radius 2 is 2.08 bits per heavy atom. The number of ether oxygens (including phenoxy) is 1. The van der Waals surface area contributed by atoms with Crippen molar-refractivity contribution in [2.24, 2.45) is 0 Å². The number of anilines is 2. The number of nitrogens with zero attached hydrogens (tertiary/aromatic N) is 10. The molecule has 18 heteroatoms. The summed E-state index contributed by atoms with van der Waals surface area (Å²) in [5, 5.41) is 23.6. The molecule has 1 unspecified atom stereocenters. The number of nitrogens with two attached hydrogens (primary N) is 1. The number of nitrogen functional groups attached to an aromatic ring is 1. The maximum Gasteiger partial charge on any atom is 0.346 e. The monoisotopic (exact) mass is 761 g/mol. The topological polar surface area (TPSA) is 166 Å². The number of benzene rings is 2. The molecule has 3 atom stereocenters. The zero-order chi connectivity index (χ0) is 37.0. The third-order valence-corrected chi connectivity index (χ3v) is 11.8. The molecule has 53 heavy (non-hydrogen) atoms. The Morgan fingerprint density at radius 1 is 1.23 bits per heavy atom. The Bertz CT molecular complexity index is 2350. The third kappa shape index (κ3) is 5.93. The molecule has 13 nitrogen and oxygen atoms in total. The van der Waals surface area contributed by atoms with Crippen molar-refractivity contribution in [1.82, 2.24) is 34.5 Å². The molecule has 3 saturated heterocycles. The van der Waals surface area contributed by atoms with Crippen LogP contribution in [0.3, 0.4) is 0 Å². The van der Waals surface area contributed by atoms with Gasteiger partial charge in [0.25, 0.3) is 0 Å². The maximum atomic E-state index is 17.1. The van der Waals surface area contributed by atoms with Gasteiger partial charge in [-0.15, -0.1) is 11.3 Å². The normalized spacial score (nSPS) is 21.3. The number of thiophene rings is 1. The van der Waals surface area contributed by atoms with E-state index in [2.05, 4.69) is 26.0 Å². The molecule has 3 aromatic heterocycles. The fourth-order valence-electron chi connectivity index (χ4n) is 8.10. The fourth-order valence-corrected chi connectivity index (χ4v) is 9.34. The van der Waals surface area contributed by atoms with E-state index in [9.17, 15) is 24.1 Å². The number of carbonyl (C=O) groups is 1. The van der Waals surface area contributed by atoms with E-state index >= 15 is 4.39 Å². The minimum absolute atomic E-state index is 0.00932. The van der Waals surface area contributed by atoms with E-state index in [0.717, 1.165) is 35.4 Å². The smallest absolute Gasteiger partial charge is 0.346 e. The van der Waals surface area contributed by atoms with Crippen molar-refractivity contribution in [1.29, 1.82) is 10.5 Å². The molecule has 1 amide bonds. The zero-order valence-corrected chi connectivity index (χ0v) is 29.7. The first-order valence-corrected chi connectivity index (χ1v) is 18.2. The van der Waals surface area contributed by atoms with Crippen LogP contribution in [0.4, 0.5) is 28.8 Å². The van der Waals surface area contributed by atoms with Crippen LogP contribution in [0.25, 0.3) is 32.1 Å². The fraction of sp³-hybridized carbons (Fsp3) is 0.400. The van der Waals surface area contributed by atoms with Crippen molar-refractivity contribution in [3.8, 4) is 29.3 Å². The third-order valence-electron chi connectivity index (χ3n) is 10.5. The van der Waals surface area contributed by atoms with Gasteiger partial charge in [0, 0.05) is 48.9 Å². The highest BCUT2D eigenvalue weighted by Gasteiger charge is 2.49. The van der Waals surface area contributed by atoms with Gasteiger partial charge in [-0.3, -0.25) is 4.90 Å². The molecule has 272 valence electrons. The molecule has 0 aliphatic carbocycles. The van der Waals surface area contributed by atoms with Crippen LogP contribution in [0, 0.1) is 34.3 Å². The molecule has 3 aliphatic heterocycles. The van der Waals surface area contributed by atoms with Crippen molar-refractivity contribution in [3.63, 3.8) is 0 Å². The number of halogens is 4. The number of fused-ring (bicyclic) bond motifs is 3. The largest absolute Gasteiger partial charge is 0.461 e. The second-order valence-electron chi connectivity index (χ2n) is 13.5. The Hall–Kier alpha value is -5.23. The summed E-state index contributed by atoms with van der Waals surface area (Å²) in [6, 6.07) is 7.20. The van der Waals surface area contributed by atoms with Crippen molar-refractivity contribution in [2.75, 3.05) is 50.0 Å². The van der Waals surface area contributed by atoms with Gasteiger partial charge in [0.05, 0.1) is 39.4 Å². The lowest BCUT2D eigenvalue weighted by molar-refractivity contribution is 0.107. The average molecular weight is 762 g/mol. The van der Waals surface area contributed by atoms with Gasteiger partial charge in [-0.25, -0.2) is 22.9 Å². The van der Waals surface area contributed by atoms with Crippen LogP contribution < -0.4 is 15.4 Å². The molecule has 0 bridgehead atoms. The molecule has 3 aliphatic rings. The number of nitriles is 2. The minimum atomic E-state index is -0.989. The standard InChI is InChI=1S/C35H31ClF3N11O2S/c36-24-11-22-29(28(39)27(24)21-3-4-25(38)30-26(21)23(13-41)31(42)53-30)45-33(52-16-35-6-1-8-48(35)14-19(37)12-35)46-32(22)47-10-5-20(15-47)49(9-2-7-40)34(51)50-18-43-17-44-50/h3-4,11,17-20H,1-2,5-6,8-10,12,14-16,42H2/t19-,20?,35+/m1/s1. The molecule has 0 radical (unpaired) electrons. The number of aromatic nitrogens is 5. The first kappa shape index (κ1) is 34.8. The van der Waals surface area contributed by atoms with Crippen LogP contribution in [0.5, 0.6) is 6.01 Å². The number of hydrogen-bond donors (Lipinski definition) is 1. The van der Waals surface area contributed by atoms with Gasteiger partial charge in [-0.1, -0.05) is 17.7 Å². The second kappa shape index (κ2) is 13.6. The molecular formula is C35H31ClF3N11O2S. The van der Waals surface area contributed by atoms with Gasteiger partial charge in [0.15, 0.2) is 5.82 Å². The summed E-state index contributed by atoms with van der Waals surface area (Å²) in [4.78, 5) is 32.1. The highest BCUT2D eigenvalue weighted by Crippen LogP contribution is 2.46. The molecule has 5 aromatic rings. The number of hydrogen-bond acceptors (Lipinski definition) is 12. The molecule has 2 aromatic carbocycles. The molecular weight excluding hydrogens is 731 g/mol. The number of amides is 1. The molecule has 6 heterocycles. The molecule has 3 fully saturated rings. The van der Waals surface area contributed by atoms with Crippen LogP contribution >= 0.6 is 22.9 Å². The maximum absolute atomic E-state index is 17.1. The van der Waals surface area contributed by atoms with Gasteiger partial charge < -0.3 is 20.3 Å². The van der Waals surface area contributed by atoms with E-state index in [4.69, 9.17) is 27.1 Å². The Balaban J connectivity index is 1.23. The van der Waals surface area contributed by atoms with E-state index < -0.39 is 29.4 Å². The zero-order valence-electron chi connectivity index (χ0n) is 28.1. The lowest BCUT2D eigenvalue weighted by Crippen LogP contribution is -2.45. The van der Waals surface area contributed by atoms with E-state index in [0.29, 0.717) is 31.7 Å². The first-order chi connectivity index (χ1) is 25.6. The van der Waals surface area contributed by atoms with Gasteiger partial charge in [0.2, 0.25) is 0 Å². The van der Waals surface area contributed by atoms with Crippen LogP contribution in [0.2, 0.25) is 5.02 Å². The lowest BCUT2D eigenvalue weighted by atomic mass is 9.95. The summed E-state index contributed by atoms with van der Waals surface area (Å²) in [5.41, 5.74) is 5.48. The number of alkyl halides is 1. The predicted octanol–water partition coefficient (Wildman–Crippen LogP) is 5.91. The summed E-state index contributed by atoms with van der Waals surface area (Å²) in [7, 11) is 0. The van der Waals surface area contributed by atoms with Crippen molar-refractivity contribution in [3.05, 3.63) is 53.1 Å². The number of carbonyl (C=O) groups excluding carboxylic acids is 1. The van der Waals surface area contributed by atoms with E-state index in [-0.39, 0.29) is 85.9 Å². The lowest BCUT2D eigenvalue weighted by Gasteiger charge is -2.31. The highest BCUT2D eigenvalue weighted by molar-refractivity contribution is 7.23. The molecule has 2 N–H and O–H groups in total. The van der Waals surface area contributed by atoms with Crippen LogP contribution in [-0.2, 0) is 0 Å². The SMILES string of the molecule is N#CCCN(C(=O)n1cncn1)C1CCN(c2nc(OC[C@@]34CCCN3C[C@H](F)C4)nc3c(F)c(-c4ccc(F)c5sc(N)c(C#N)c45)c(Cl)cc23)C1. The highest BCUT2D eigenvalue weighted by atomic mass is 35.5. The van der Waals surface area contributed by atoms with Gasteiger partial charge in [-0.2, -0.15) is 30.3 Å². The second-order valence-corrected chi connectivity index (χ2v) is 15.0. The molecule has 0 saturated carbocycles. The van der Waals surface area contributed by atoms with Crippen molar-refractivity contribution >= 4 is 60.8 Å². The summed E-state index contributed by atoms with van der Waals surface area (Å²) in [6.45, 7) is 1.96. The molecule has 0 spiro atoms. The van der Waals surface area contributed by atoms with E-state index in [1.165, 1.54) is 30.9 Å². The van der Waals surface area contributed by atoms with E-state index in [1.54, 1.807) is 4.90 Å². The summed E-state index contributed by atoms with van der Waals surface area (Å²) in [5.74, 6) is -1.16. The van der Waals surface area contributed by atoms with Gasteiger partial charge in [-0.05, 0) is 43.5 Å². The van der Waals surface area contributed by atoms with Gasteiger partial charge >= 0.3 is 12.0 Å². The van der Waals surface area contributed by atoms with Crippen LogP contribution in [0.1, 0.15) is 37.7 Å². The Kier molecular flexibility index (Phi) is 8.96. The van der Waals surface area contributed by atoms with Crippen LogP contribution in [-0.4, -0.2) is 97.6 Å². The summed E-state index contributed by atoms with van der Waals surface area (Å²) < 4.78 is 54.1. The molecule has 8 rings (SSSR count). The van der Waals surface area contributed by atoms with Crippen LogP contribution in [0.15, 0.2) is 30.9 Å². The first-order valence-electron chi connectivity index (χ1n) is 17.0. The van der Waals surface area contributed by atoms with Crippen molar-refractivity contribution in [2.45, 2.75) is 49.9 Å². The van der Waals surface area contributed by atoms with E-state index in [1.807, 2.05) is 11.0 Å². The Morgan fingerprint density at radius 3 is 2.85 bits per heavy atom. The average Bonchev–Trinajstić information content (AvgIpc) is 3.98. The van der Waals surface area contributed by atoms with Gasteiger partial charge in [0.1, 0.15) is 53.7 Å². The summed E-state index contributed by atoms with van der Waals surface area (Å²) in [6.07, 6.45) is 4.06.